The number of thioether (sulfide) groups is 2. The van der Waals surface area contributed by atoms with Gasteiger partial charge in [0.15, 0.2) is 0 Å². The molecule has 3 fully saturated rings. The number of aliphatic carboxylic acids is 3. The largest absolute Gasteiger partial charge is 0.480 e. The molecule has 3 rings (SSSR count). The van der Waals surface area contributed by atoms with Crippen molar-refractivity contribution in [1.82, 2.24) is 35.1 Å². The van der Waals surface area contributed by atoms with Gasteiger partial charge in [0.05, 0.1) is 54.2 Å². The summed E-state index contributed by atoms with van der Waals surface area (Å²) in [6.07, 6.45) is 5.57. The molecule has 4 amide bonds. The maximum absolute atomic E-state index is 13.1. The van der Waals surface area contributed by atoms with Crippen LogP contribution in [0.3, 0.4) is 0 Å². The average Bonchev–Trinajstić information content (AvgIpc) is 3.87. The molecular weight excluding hydrogens is 919 g/mol. The Labute approximate surface area is 402 Å². The Kier molecular flexibility index (Phi) is 34.7. The van der Waals surface area contributed by atoms with Crippen molar-refractivity contribution in [3.63, 3.8) is 0 Å². The Morgan fingerprint density at radius 2 is 1.32 bits per heavy atom. The number of nitrogens with zero attached hydrogens (tertiary/aromatic N) is 7. The zero-order chi connectivity index (χ0) is 50.0. The molecule has 0 aromatic rings. The molecule has 66 heavy (non-hydrogen) atoms. The number of carbonyl (C=O) groups is 7. The van der Waals surface area contributed by atoms with Gasteiger partial charge in [0, 0.05) is 98.8 Å². The van der Waals surface area contributed by atoms with Crippen LogP contribution in [-0.2, 0) is 33.6 Å². The lowest BCUT2D eigenvalue weighted by Gasteiger charge is -2.35. The van der Waals surface area contributed by atoms with Crippen LogP contribution in [0.25, 0.3) is 0 Å². The van der Waals surface area contributed by atoms with Gasteiger partial charge in [0.25, 0.3) is 0 Å². The Hall–Kier alpha value is -4.05. The lowest BCUT2D eigenvalue weighted by Crippen LogP contribution is -2.53. The summed E-state index contributed by atoms with van der Waals surface area (Å²) < 4.78 is 0. The van der Waals surface area contributed by atoms with Crippen molar-refractivity contribution in [2.75, 3.05) is 130 Å². The molecule has 3 heterocycles. The molecule has 378 valence electrons. The van der Waals surface area contributed by atoms with E-state index >= 15 is 0 Å². The van der Waals surface area contributed by atoms with Gasteiger partial charge in [0.1, 0.15) is 0 Å². The Morgan fingerprint density at radius 1 is 0.833 bits per heavy atom. The monoisotopic (exact) mass is 993 g/mol. The van der Waals surface area contributed by atoms with Gasteiger partial charge < -0.3 is 43.2 Å². The van der Waals surface area contributed by atoms with E-state index in [4.69, 9.17) is 16.9 Å². The van der Waals surface area contributed by atoms with Crippen molar-refractivity contribution >= 4 is 94.4 Å². The van der Waals surface area contributed by atoms with Crippen LogP contribution in [0.2, 0.25) is 0 Å². The van der Waals surface area contributed by atoms with Crippen LogP contribution < -0.4 is 27.8 Å². The van der Waals surface area contributed by atoms with E-state index in [1.54, 1.807) is 52.4 Å². The summed E-state index contributed by atoms with van der Waals surface area (Å²) in [5.74, 6) is -0.835. The fraction of sp³-hybridized carbons (Fsp3) is 0.750. The minimum atomic E-state index is -1.06. The first-order valence-corrected chi connectivity index (χ1v) is 24.4. The highest BCUT2D eigenvalue weighted by Crippen LogP contribution is 2.25. The number of amides is 4. The van der Waals surface area contributed by atoms with Gasteiger partial charge in [-0.2, -0.15) is 12.6 Å². The van der Waals surface area contributed by atoms with E-state index in [-0.39, 0.29) is 110 Å². The van der Waals surface area contributed by atoms with Crippen molar-refractivity contribution < 1.29 is 48.9 Å². The number of thiol groups is 1. The molecule has 0 aliphatic carbocycles. The van der Waals surface area contributed by atoms with Gasteiger partial charge in [-0.05, 0) is 56.9 Å². The molecule has 0 aromatic heterocycles. The van der Waals surface area contributed by atoms with Crippen molar-refractivity contribution in [2.24, 2.45) is 27.2 Å². The van der Waals surface area contributed by atoms with Crippen molar-refractivity contribution in [3.05, 3.63) is 0 Å². The van der Waals surface area contributed by atoms with Gasteiger partial charge in [0.2, 0.25) is 23.6 Å². The average molecular weight is 994 g/mol. The van der Waals surface area contributed by atoms with Crippen LogP contribution in [-0.4, -0.2) is 239 Å². The normalized spacial score (nSPS) is 18.8. The Bertz CT molecular complexity index is 1560. The number of nitrogens with two attached hydrogens (primary N) is 3. The molecule has 26 heteroatoms. The molecule has 0 bridgehead atoms. The SMILES string of the molecule is CN.CN=C(N)CCCS.CN=C(N)CCCSC1CC(=O)N(CCNC(=O)CNC(=O)C(C)N2CCN(CC(=O)O)CCN(CC(=O)O)CCN(CC(=O)O)CC2)C1=O.N=C1CCCS1. The number of aliphatic imine (C=N–C) groups is 2. The smallest absolute Gasteiger partial charge is 0.317 e. The maximum Gasteiger partial charge on any atom is 0.317 e. The van der Waals surface area contributed by atoms with Gasteiger partial charge in [-0.25, -0.2) is 0 Å². The minimum absolute atomic E-state index is 0.00177. The van der Waals surface area contributed by atoms with E-state index in [9.17, 15) is 48.9 Å². The molecule has 3 saturated heterocycles. The van der Waals surface area contributed by atoms with E-state index < -0.39 is 41.0 Å². The van der Waals surface area contributed by atoms with E-state index in [0.29, 0.717) is 18.0 Å². The number of hydrogen-bond acceptors (Lipinski definition) is 18. The summed E-state index contributed by atoms with van der Waals surface area (Å²) in [5.41, 5.74) is 15.6. The van der Waals surface area contributed by atoms with E-state index in [1.807, 2.05) is 0 Å². The van der Waals surface area contributed by atoms with Crippen LogP contribution in [0.5, 0.6) is 0 Å². The van der Waals surface area contributed by atoms with Crippen LogP contribution >= 0.6 is 36.2 Å². The maximum atomic E-state index is 13.1. The predicted molar refractivity (Wildman–Crippen MR) is 264 cm³/mol. The first kappa shape index (κ1) is 62.0. The first-order chi connectivity index (χ1) is 31.4. The third kappa shape index (κ3) is 28.9. The zero-order valence-corrected chi connectivity index (χ0v) is 41.5. The van der Waals surface area contributed by atoms with E-state index in [1.165, 1.54) is 31.0 Å². The third-order valence-corrected chi connectivity index (χ3v) is 12.7. The molecule has 0 radical (unpaired) electrons. The van der Waals surface area contributed by atoms with Crippen molar-refractivity contribution in [3.8, 4) is 0 Å². The molecular formula is C40H75N13O10S3. The van der Waals surface area contributed by atoms with Crippen LogP contribution in [0, 0.1) is 5.41 Å². The lowest BCUT2D eigenvalue weighted by molar-refractivity contribution is -0.140. The molecule has 3 aliphatic rings. The molecule has 23 nitrogen and oxygen atoms in total. The fourth-order valence-electron chi connectivity index (χ4n) is 6.32. The minimum Gasteiger partial charge on any atom is -0.480 e. The molecule has 2 unspecified atom stereocenters. The number of rotatable bonds is 21. The summed E-state index contributed by atoms with van der Waals surface area (Å²) in [7, 11) is 4.81. The number of hydrogen-bond donors (Lipinski definition) is 10. The second-order valence-electron chi connectivity index (χ2n) is 15.0. The zero-order valence-electron chi connectivity index (χ0n) is 39.0. The van der Waals surface area contributed by atoms with Gasteiger partial charge in [-0.3, -0.25) is 73.5 Å². The summed E-state index contributed by atoms with van der Waals surface area (Å²) in [6, 6.07) is -0.771. The molecule has 2 atom stereocenters. The molecule has 3 aliphatic heterocycles. The summed E-state index contributed by atoms with van der Waals surface area (Å²) in [6.45, 7) is 2.35. The number of carboxylic acid groups (broad SMARTS) is 3. The Balaban J connectivity index is 0.00000223. The Morgan fingerprint density at radius 3 is 1.73 bits per heavy atom. The summed E-state index contributed by atoms with van der Waals surface area (Å²) >= 11 is 7.10. The summed E-state index contributed by atoms with van der Waals surface area (Å²) in [5, 5.41) is 40.7. The van der Waals surface area contributed by atoms with Crippen LogP contribution in [0.1, 0.15) is 51.9 Å². The van der Waals surface area contributed by atoms with E-state index in [2.05, 4.69) is 39.0 Å². The van der Waals surface area contributed by atoms with Crippen LogP contribution in [0.4, 0.5) is 0 Å². The number of carbonyl (C=O) groups excluding carboxylic acids is 4. The van der Waals surface area contributed by atoms with E-state index in [0.717, 1.165) is 47.2 Å². The molecule has 0 spiro atoms. The predicted octanol–water partition coefficient (Wildman–Crippen LogP) is -1.54. The highest BCUT2D eigenvalue weighted by Gasteiger charge is 2.38. The van der Waals surface area contributed by atoms with Gasteiger partial charge >= 0.3 is 17.9 Å². The number of imide groups is 1. The van der Waals surface area contributed by atoms with Crippen LogP contribution in [0.15, 0.2) is 9.98 Å². The van der Waals surface area contributed by atoms with Gasteiger partial charge in [-0.15, -0.1) is 23.5 Å². The number of amidine groups is 2. The third-order valence-electron chi connectivity index (χ3n) is 10.0. The first-order valence-electron chi connectivity index (χ1n) is 21.8. The number of nitrogens with one attached hydrogen (secondary N) is 3. The molecule has 0 saturated carbocycles. The topological polar surface area (TPSA) is 347 Å². The highest BCUT2D eigenvalue weighted by molar-refractivity contribution is 8.14. The summed E-state index contributed by atoms with van der Waals surface area (Å²) in [4.78, 5) is 101. The quantitative estimate of drug-likeness (QED) is 0.0205. The number of likely N-dealkylation sites (tertiary alicyclic amines) is 1. The molecule has 0 aromatic carbocycles. The lowest BCUT2D eigenvalue weighted by atomic mass is 10.2. The second kappa shape index (κ2) is 37.0. The van der Waals surface area contributed by atoms with Crippen molar-refractivity contribution in [1.29, 1.82) is 5.41 Å². The highest BCUT2D eigenvalue weighted by atomic mass is 32.2. The van der Waals surface area contributed by atoms with Crippen molar-refractivity contribution in [2.45, 2.75) is 63.2 Å². The van der Waals surface area contributed by atoms with Gasteiger partial charge in [-0.1, -0.05) is 0 Å². The standard InChI is InChI=1S/C30H51N9O10S.C5H12N2S.C4H7NS.CH5N/c1-21(29(48)34-17-24(40)33-5-6-39-25(41)16-22(30(39)49)50-15-3-4-23(31)32-2)38-13-11-36(19-27(44)45)9-7-35(18-26(42)43)8-10-37(12-14-38)20-28(46)47;1-7-5(6)3-2-4-8;5-4-2-1-3-6-4;1-2/h21-22H,3-20H2,1-2H3,(H2,31,32)(H,33,40)(H,34,48)(H,42,43)(H,44,45)(H,46,47);8H,2-4H2,1H3,(H2,6,7);5H,1-3H2;2H2,1H3. The second-order valence-corrected chi connectivity index (χ2v) is 17.9. The number of carboxylic acids is 3. The fourth-order valence-corrected chi connectivity index (χ4v) is 8.43. The molecule has 12 N–H and O–H groups in total.